The van der Waals surface area contributed by atoms with Crippen LogP contribution in [0.25, 0.3) is 33.6 Å². The highest BCUT2D eigenvalue weighted by Gasteiger charge is 2.24. The standard InChI is InChI=1S/C28H25N3O4/c1-31-23-12-8-7-11-22(23)30-28(31)20(13-18-16-29-21-10-6-5-9-19(18)21)26(32)17-14-24(33-2)27(35-4)25(15-17)34-3/h5-16,29H,1-4H3. The average Bonchev–Trinajstić information content (AvgIpc) is 3.46. The number of carbonyl (C=O) groups excluding carboxylic acids is 1. The van der Waals surface area contributed by atoms with E-state index in [1.54, 1.807) is 12.1 Å². The second kappa shape index (κ2) is 9.02. The van der Waals surface area contributed by atoms with E-state index in [9.17, 15) is 4.79 Å². The van der Waals surface area contributed by atoms with Gasteiger partial charge in [-0.15, -0.1) is 0 Å². The van der Waals surface area contributed by atoms with Crippen molar-refractivity contribution in [1.82, 2.24) is 14.5 Å². The van der Waals surface area contributed by atoms with Gasteiger partial charge in [0.15, 0.2) is 17.3 Å². The first-order valence-corrected chi connectivity index (χ1v) is 11.1. The molecule has 2 heterocycles. The number of fused-ring (bicyclic) bond motifs is 2. The summed E-state index contributed by atoms with van der Waals surface area (Å²) in [5, 5.41) is 1.02. The Labute approximate surface area is 202 Å². The molecular formula is C28H25N3O4. The van der Waals surface area contributed by atoms with E-state index in [0.29, 0.717) is 34.2 Å². The maximum atomic E-state index is 14.1. The number of benzene rings is 3. The van der Waals surface area contributed by atoms with Gasteiger partial charge < -0.3 is 23.8 Å². The van der Waals surface area contributed by atoms with E-state index in [1.807, 2.05) is 72.4 Å². The second-order valence-corrected chi connectivity index (χ2v) is 8.07. The number of aromatic nitrogens is 3. The van der Waals surface area contributed by atoms with Crippen molar-refractivity contribution in [2.24, 2.45) is 7.05 Å². The molecule has 0 radical (unpaired) electrons. The largest absolute Gasteiger partial charge is 0.493 e. The van der Waals surface area contributed by atoms with Gasteiger partial charge in [0.25, 0.3) is 0 Å². The molecule has 0 fully saturated rings. The van der Waals surface area contributed by atoms with Crippen LogP contribution in [0.1, 0.15) is 21.7 Å². The number of carbonyl (C=O) groups is 1. The Morgan fingerprint density at radius 3 is 2.31 bits per heavy atom. The van der Waals surface area contributed by atoms with Crippen molar-refractivity contribution in [1.29, 1.82) is 0 Å². The fourth-order valence-corrected chi connectivity index (χ4v) is 4.35. The molecule has 0 spiro atoms. The Hall–Kier alpha value is -4.52. The summed E-state index contributed by atoms with van der Waals surface area (Å²) in [6.45, 7) is 0. The molecule has 5 rings (SSSR count). The minimum atomic E-state index is -0.215. The topological polar surface area (TPSA) is 78.4 Å². The Morgan fingerprint density at radius 1 is 0.943 bits per heavy atom. The van der Waals surface area contributed by atoms with Crippen molar-refractivity contribution in [2.75, 3.05) is 21.3 Å². The molecular weight excluding hydrogens is 442 g/mol. The predicted molar refractivity (Wildman–Crippen MR) is 137 cm³/mol. The van der Waals surface area contributed by atoms with Gasteiger partial charge in [-0.05, 0) is 36.4 Å². The molecule has 0 unspecified atom stereocenters. The first kappa shape index (κ1) is 22.3. The molecule has 2 aromatic heterocycles. The van der Waals surface area contributed by atoms with E-state index in [-0.39, 0.29) is 5.78 Å². The number of para-hydroxylation sites is 3. The number of hydrogen-bond donors (Lipinski definition) is 1. The summed E-state index contributed by atoms with van der Waals surface area (Å²) in [5.41, 5.74) is 4.48. The third-order valence-electron chi connectivity index (χ3n) is 6.12. The summed E-state index contributed by atoms with van der Waals surface area (Å²) in [4.78, 5) is 22.2. The maximum Gasteiger partial charge on any atom is 0.203 e. The normalized spacial score (nSPS) is 11.7. The van der Waals surface area contributed by atoms with Crippen LogP contribution < -0.4 is 14.2 Å². The van der Waals surface area contributed by atoms with Crippen LogP contribution in [0.15, 0.2) is 66.9 Å². The molecule has 0 saturated carbocycles. The number of nitrogens with zero attached hydrogens (tertiary/aromatic N) is 2. The van der Waals surface area contributed by atoms with Crippen molar-refractivity contribution in [3.05, 3.63) is 83.8 Å². The number of allylic oxidation sites excluding steroid dienone is 1. The summed E-state index contributed by atoms with van der Waals surface area (Å²) < 4.78 is 18.3. The van der Waals surface area contributed by atoms with E-state index >= 15 is 0 Å². The van der Waals surface area contributed by atoms with Gasteiger partial charge in [0.05, 0.1) is 37.9 Å². The highest BCUT2D eigenvalue weighted by Crippen LogP contribution is 2.39. The van der Waals surface area contributed by atoms with Crippen LogP contribution >= 0.6 is 0 Å². The molecule has 7 nitrogen and oxygen atoms in total. The lowest BCUT2D eigenvalue weighted by Crippen LogP contribution is -2.09. The molecule has 0 bridgehead atoms. The number of H-pyrrole nitrogens is 1. The smallest absolute Gasteiger partial charge is 0.203 e. The summed E-state index contributed by atoms with van der Waals surface area (Å²) >= 11 is 0. The zero-order valence-electron chi connectivity index (χ0n) is 20.0. The molecule has 35 heavy (non-hydrogen) atoms. The van der Waals surface area contributed by atoms with Crippen molar-refractivity contribution in [3.63, 3.8) is 0 Å². The quantitative estimate of drug-likeness (QED) is 0.252. The third kappa shape index (κ3) is 3.81. The SMILES string of the molecule is COc1cc(C(=O)C(=Cc2c[nH]c3ccccc23)c2nc3ccccc3n2C)cc(OC)c1OC. The minimum absolute atomic E-state index is 0.215. The molecule has 0 atom stereocenters. The van der Waals surface area contributed by atoms with Crippen molar-refractivity contribution in [2.45, 2.75) is 0 Å². The van der Waals surface area contributed by atoms with Gasteiger partial charge in [-0.1, -0.05) is 30.3 Å². The van der Waals surface area contributed by atoms with Gasteiger partial charge >= 0.3 is 0 Å². The number of hydrogen-bond acceptors (Lipinski definition) is 5. The Kier molecular flexibility index (Phi) is 5.74. The van der Waals surface area contributed by atoms with E-state index in [1.165, 1.54) is 21.3 Å². The van der Waals surface area contributed by atoms with Gasteiger partial charge in [-0.3, -0.25) is 4.79 Å². The summed E-state index contributed by atoms with van der Waals surface area (Å²) in [6, 6.07) is 19.1. The Morgan fingerprint density at radius 2 is 1.63 bits per heavy atom. The van der Waals surface area contributed by atoms with Gasteiger partial charge in [-0.25, -0.2) is 4.98 Å². The molecule has 0 aliphatic carbocycles. The number of imidazole rings is 1. The number of aryl methyl sites for hydroxylation is 1. The van der Waals surface area contributed by atoms with Crippen LogP contribution in [0.5, 0.6) is 17.2 Å². The van der Waals surface area contributed by atoms with Crippen molar-refractivity contribution >= 4 is 39.4 Å². The summed E-state index contributed by atoms with van der Waals surface area (Å²) in [7, 11) is 6.50. The lowest BCUT2D eigenvalue weighted by atomic mass is 9.99. The Bertz CT molecular complexity index is 1570. The first-order chi connectivity index (χ1) is 17.0. The summed E-state index contributed by atoms with van der Waals surface area (Å²) in [6.07, 6.45) is 3.78. The minimum Gasteiger partial charge on any atom is -0.493 e. The lowest BCUT2D eigenvalue weighted by molar-refractivity contribution is 0.105. The zero-order chi connectivity index (χ0) is 24.5. The fourth-order valence-electron chi connectivity index (χ4n) is 4.35. The van der Waals surface area contributed by atoms with Crippen molar-refractivity contribution < 1.29 is 19.0 Å². The second-order valence-electron chi connectivity index (χ2n) is 8.07. The predicted octanol–water partition coefficient (Wildman–Crippen LogP) is 5.50. The average molecular weight is 468 g/mol. The molecule has 0 aliphatic rings. The molecule has 3 aromatic carbocycles. The molecule has 176 valence electrons. The van der Waals surface area contributed by atoms with Crippen LogP contribution in [0, 0.1) is 0 Å². The van der Waals surface area contributed by atoms with Gasteiger partial charge in [0, 0.05) is 35.3 Å². The Balaban J connectivity index is 1.74. The van der Waals surface area contributed by atoms with Gasteiger partial charge in [-0.2, -0.15) is 0 Å². The van der Waals surface area contributed by atoms with E-state index in [2.05, 4.69) is 4.98 Å². The number of methoxy groups -OCH3 is 3. The van der Waals surface area contributed by atoms with Gasteiger partial charge in [0.1, 0.15) is 5.82 Å². The number of ketones is 1. The maximum absolute atomic E-state index is 14.1. The lowest BCUT2D eigenvalue weighted by Gasteiger charge is -2.14. The summed E-state index contributed by atoms with van der Waals surface area (Å²) in [5.74, 6) is 1.60. The van der Waals surface area contributed by atoms with Crippen LogP contribution in [0.2, 0.25) is 0 Å². The number of nitrogens with one attached hydrogen (secondary N) is 1. The molecule has 0 aliphatic heterocycles. The zero-order valence-corrected chi connectivity index (χ0v) is 20.0. The van der Waals surface area contributed by atoms with Gasteiger partial charge in [0.2, 0.25) is 5.75 Å². The highest BCUT2D eigenvalue weighted by molar-refractivity contribution is 6.32. The highest BCUT2D eigenvalue weighted by atomic mass is 16.5. The number of aromatic amines is 1. The monoisotopic (exact) mass is 467 g/mol. The molecule has 5 aromatic rings. The third-order valence-corrected chi connectivity index (χ3v) is 6.12. The molecule has 0 saturated heterocycles. The van der Waals surface area contributed by atoms with E-state index in [0.717, 1.165) is 27.5 Å². The van der Waals surface area contributed by atoms with Crippen LogP contribution in [-0.4, -0.2) is 41.6 Å². The van der Waals surface area contributed by atoms with Crippen LogP contribution in [-0.2, 0) is 7.05 Å². The van der Waals surface area contributed by atoms with E-state index in [4.69, 9.17) is 19.2 Å². The number of ether oxygens (including phenoxy) is 3. The molecule has 0 amide bonds. The van der Waals surface area contributed by atoms with E-state index < -0.39 is 0 Å². The first-order valence-electron chi connectivity index (χ1n) is 11.1. The fraction of sp³-hybridized carbons (Fsp3) is 0.143. The van der Waals surface area contributed by atoms with Crippen molar-refractivity contribution in [3.8, 4) is 17.2 Å². The number of rotatable bonds is 7. The van der Waals surface area contributed by atoms with Crippen LogP contribution in [0.3, 0.4) is 0 Å². The van der Waals surface area contributed by atoms with Crippen LogP contribution in [0.4, 0.5) is 0 Å². The molecule has 1 N–H and O–H groups in total. The molecule has 7 heteroatoms. The number of Topliss-reactive ketones (excluding diaryl/α,β-unsaturated/α-hetero) is 1.